The predicted molar refractivity (Wildman–Crippen MR) is 112 cm³/mol. The Morgan fingerprint density at radius 2 is 1.97 bits per heavy atom. The molecule has 3 heteroatoms. The molecule has 4 saturated carbocycles. The molecule has 3 nitrogen and oxygen atoms in total. The molecule has 4 fully saturated rings. The molecule has 156 valence electrons. The highest BCUT2D eigenvalue weighted by Gasteiger charge is 2.76. The fourth-order valence-corrected chi connectivity index (χ4v) is 8.38. The van der Waals surface area contributed by atoms with Crippen LogP contribution in [-0.2, 0) is 11.2 Å². The number of esters is 1. The van der Waals surface area contributed by atoms with Gasteiger partial charge in [-0.3, -0.25) is 4.79 Å². The molecule has 29 heavy (non-hydrogen) atoms. The normalized spacial score (nSPS) is 43.0. The van der Waals surface area contributed by atoms with E-state index >= 15 is 0 Å². The van der Waals surface area contributed by atoms with Gasteiger partial charge in [-0.2, -0.15) is 0 Å². The Kier molecular flexibility index (Phi) is 4.02. The number of rotatable bonds is 2. The van der Waals surface area contributed by atoms with Gasteiger partial charge in [0.1, 0.15) is 5.75 Å². The number of fused-ring (bicyclic) bond motifs is 3. The van der Waals surface area contributed by atoms with Crippen LogP contribution >= 0.6 is 0 Å². The van der Waals surface area contributed by atoms with Gasteiger partial charge >= 0.3 is 5.97 Å². The van der Waals surface area contributed by atoms with Crippen LogP contribution in [0.1, 0.15) is 88.2 Å². The maximum absolute atomic E-state index is 12.6. The van der Waals surface area contributed by atoms with E-state index in [-0.39, 0.29) is 23.4 Å². The van der Waals surface area contributed by atoms with Crippen LogP contribution in [0.25, 0.3) is 0 Å². The Bertz CT molecular complexity index is 840. The summed E-state index contributed by atoms with van der Waals surface area (Å²) < 4.78 is 5.81. The summed E-state index contributed by atoms with van der Waals surface area (Å²) in [5.41, 5.74) is 3.45. The van der Waals surface area contributed by atoms with Crippen LogP contribution in [0.4, 0.5) is 0 Å². The van der Waals surface area contributed by atoms with Crippen LogP contribution in [0, 0.1) is 28.6 Å². The molecule has 5 aliphatic rings. The van der Waals surface area contributed by atoms with E-state index in [4.69, 9.17) is 4.74 Å². The van der Waals surface area contributed by atoms with Crippen LogP contribution < -0.4 is 4.74 Å². The average Bonchev–Trinajstić information content (AvgIpc) is 3.40. The minimum absolute atomic E-state index is 0.0218. The molecule has 2 unspecified atom stereocenters. The van der Waals surface area contributed by atoms with E-state index in [1.807, 2.05) is 6.07 Å². The largest absolute Gasteiger partial charge is 0.426 e. The van der Waals surface area contributed by atoms with Gasteiger partial charge in [0.15, 0.2) is 0 Å². The molecule has 6 rings (SSSR count). The minimum atomic E-state index is -0.0924. The Labute approximate surface area is 174 Å². The molecule has 6 atom stereocenters. The van der Waals surface area contributed by atoms with E-state index in [1.54, 1.807) is 0 Å². The number of carbonyl (C=O) groups is 1. The smallest absolute Gasteiger partial charge is 0.314 e. The van der Waals surface area contributed by atoms with Crippen LogP contribution in [-0.4, -0.2) is 17.2 Å². The molecule has 1 aromatic rings. The molecular formula is C26H34O3. The fourth-order valence-electron chi connectivity index (χ4n) is 8.38. The van der Waals surface area contributed by atoms with Crippen molar-refractivity contribution in [3.05, 3.63) is 29.3 Å². The summed E-state index contributed by atoms with van der Waals surface area (Å²) in [7, 11) is 0. The topological polar surface area (TPSA) is 46.5 Å². The second-order valence-corrected chi connectivity index (χ2v) is 11.0. The molecule has 0 aromatic heterocycles. The van der Waals surface area contributed by atoms with Crippen molar-refractivity contribution >= 4 is 5.97 Å². The first-order chi connectivity index (χ1) is 14.0. The average molecular weight is 395 g/mol. The molecule has 0 heterocycles. The van der Waals surface area contributed by atoms with E-state index in [9.17, 15) is 9.90 Å². The van der Waals surface area contributed by atoms with Gasteiger partial charge in [0.2, 0.25) is 0 Å². The quantitative estimate of drug-likeness (QED) is 0.540. The van der Waals surface area contributed by atoms with Gasteiger partial charge in [-0.05, 0) is 103 Å². The molecule has 1 spiro atoms. The first-order valence-electron chi connectivity index (χ1n) is 12.1. The number of ether oxygens (including phenoxy) is 1. The van der Waals surface area contributed by atoms with Crippen molar-refractivity contribution in [2.75, 3.05) is 0 Å². The molecule has 5 aliphatic carbocycles. The van der Waals surface area contributed by atoms with E-state index in [1.165, 1.54) is 36.8 Å². The summed E-state index contributed by atoms with van der Waals surface area (Å²) in [5.74, 6) is 2.94. The van der Waals surface area contributed by atoms with Crippen molar-refractivity contribution in [1.29, 1.82) is 0 Å². The number of hydrogen-bond donors (Lipinski definition) is 1. The number of aryl methyl sites for hydroxylation is 1. The monoisotopic (exact) mass is 394 g/mol. The van der Waals surface area contributed by atoms with Crippen LogP contribution in [0.2, 0.25) is 0 Å². The summed E-state index contributed by atoms with van der Waals surface area (Å²) in [6.45, 7) is 2.38. The number of aliphatic hydroxyl groups excluding tert-OH is 1. The Morgan fingerprint density at radius 3 is 2.79 bits per heavy atom. The predicted octanol–water partition coefficient (Wildman–Crippen LogP) is 5.39. The lowest BCUT2D eigenvalue weighted by Gasteiger charge is -2.52. The van der Waals surface area contributed by atoms with E-state index in [2.05, 4.69) is 19.1 Å². The summed E-state index contributed by atoms with van der Waals surface area (Å²) in [5, 5.41) is 10.7. The zero-order valence-electron chi connectivity index (χ0n) is 17.7. The van der Waals surface area contributed by atoms with Gasteiger partial charge in [0.05, 0.1) is 12.0 Å². The lowest BCUT2D eigenvalue weighted by atomic mass is 9.52. The first kappa shape index (κ1) is 18.4. The van der Waals surface area contributed by atoms with Crippen molar-refractivity contribution in [2.45, 2.75) is 89.6 Å². The van der Waals surface area contributed by atoms with Gasteiger partial charge in [0, 0.05) is 0 Å². The lowest BCUT2D eigenvalue weighted by Crippen LogP contribution is -2.47. The van der Waals surface area contributed by atoms with Gasteiger partial charge in [-0.15, -0.1) is 0 Å². The Morgan fingerprint density at radius 1 is 1.14 bits per heavy atom. The van der Waals surface area contributed by atoms with E-state index in [0.717, 1.165) is 62.5 Å². The SMILES string of the molecule is C[C@]12CCC3c4ccc(OC(=O)C5CCCCC5)cc4CCC3[C@@]13C[C@H]3C[C@@H]2O. The second kappa shape index (κ2) is 6.33. The van der Waals surface area contributed by atoms with Gasteiger partial charge in [-0.1, -0.05) is 32.3 Å². The third kappa shape index (κ3) is 2.49. The molecule has 0 amide bonds. The van der Waals surface area contributed by atoms with Gasteiger partial charge in [0.25, 0.3) is 0 Å². The van der Waals surface area contributed by atoms with Crippen molar-refractivity contribution in [3.8, 4) is 5.75 Å². The summed E-state index contributed by atoms with van der Waals surface area (Å²) >= 11 is 0. The van der Waals surface area contributed by atoms with Crippen molar-refractivity contribution in [2.24, 2.45) is 28.6 Å². The van der Waals surface area contributed by atoms with Gasteiger partial charge < -0.3 is 9.84 Å². The molecule has 0 aliphatic heterocycles. The standard InChI is InChI=1S/C26H34O3/c1-25-12-11-21-20-9-8-19(29-24(28)16-5-3-2-4-6-16)13-17(20)7-10-22(21)26(25)15-18(26)14-23(25)27/h8-9,13,16,18,21-23,27H,2-7,10-12,14-15H2,1H3/t18-,21?,22?,23+,25-,26+/m1/s1. The number of carbonyl (C=O) groups excluding carboxylic acids is 1. The Hall–Kier alpha value is -1.35. The Balaban J connectivity index is 1.23. The van der Waals surface area contributed by atoms with Gasteiger partial charge in [-0.25, -0.2) is 0 Å². The highest BCUT2D eigenvalue weighted by molar-refractivity contribution is 5.75. The molecule has 0 saturated heterocycles. The third-order valence-electron chi connectivity index (χ3n) is 9.98. The third-order valence-corrected chi connectivity index (χ3v) is 9.98. The first-order valence-corrected chi connectivity index (χ1v) is 12.1. The maximum Gasteiger partial charge on any atom is 0.314 e. The highest BCUT2D eigenvalue weighted by atomic mass is 16.5. The summed E-state index contributed by atoms with van der Waals surface area (Å²) in [6.07, 6.45) is 12.5. The van der Waals surface area contributed by atoms with Crippen molar-refractivity contribution < 1.29 is 14.6 Å². The number of hydrogen-bond acceptors (Lipinski definition) is 3. The minimum Gasteiger partial charge on any atom is -0.426 e. The fraction of sp³-hybridized carbons (Fsp3) is 0.731. The molecular weight excluding hydrogens is 360 g/mol. The second-order valence-electron chi connectivity index (χ2n) is 11.0. The van der Waals surface area contributed by atoms with E-state index in [0.29, 0.717) is 11.3 Å². The summed E-state index contributed by atoms with van der Waals surface area (Å²) in [6, 6.07) is 6.46. The molecule has 0 radical (unpaired) electrons. The van der Waals surface area contributed by atoms with Crippen LogP contribution in [0.15, 0.2) is 18.2 Å². The molecule has 1 N–H and O–H groups in total. The van der Waals surface area contributed by atoms with E-state index < -0.39 is 0 Å². The zero-order valence-corrected chi connectivity index (χ0v) is 17.7. The maximum atomic E-state index is 12.6. The molecule has 1 aromatic carbocycles. The molecule has 0 bridgehead atoms. The van der Waals surface area contributed by atoms with Crippen LogP contribution in [0.3, 0.4) is 0 Å². The van der Waals surface area contributed by atoms with Crippen molar-refractivity contribution in [1.82, 2.24) is 0 Å². The highest BCUT2D eigenvalue weighted by Crippen LogP contribution is 2.81. The lowest BCUT2D eigenvalue weighted by molar-refractivity contribution is -0.139. The van der Waals surface area contributed by atoms with Crippen molar-refractivity contribution in [3.63, 3.8) is 0 Å². The summed E-state index contributed by atoms with van der Waals surface area (Å²) in [4.78, 5) is 12.6. The number of benzene rings is 1. The zero-order chi connectivity index (χ0) is 19.8. The van der Waals surface area contributed by atoms with Crippen LogP contribution in [0.5, 0.6) is 5.75 Å². The number of aliphatic hydroxyl groups is 1.